The van der Waals surface area contributed by atoms with Gasteiger partial charge >= 0.3 is 5.97 Å². The number of rotatable bonds is 6. The number of carbonyl (C=O) groups is 1. The fraction of sp³-hybridized carbons (Fsp3) is 0.174. The molecule has 5 heteroatoms. The minimum atomic E-state index is -0.536. The van der Waals surface area contributed by atoms with Crippen molar-refractivity contribution in [3.63, 3.8) is 0 Å². The van der Waals surface area contributed by atoms with Gasteiger partial charge in [-0.1, -0.05) is 67.6 Å². The third kappa shape index (κ3) is 4.49. The van der Waals surface area contributed by atoms with E-state index in [0.29, 0.717) is 16.2 Å². The SMILES string of the molecule is C=C(C(=O)OC)[C@@H](c1ccccc1)[C@H](C)C(=C(C#N)C#N)c1ccc(Cl)cc1. The van der Waals surface area contributed by atoms with Crippen molar-refractivity contribution in [1.29, 1.82) is 10.5 Å². The van der Waals surface area contributed by atoms with Gasteiger partial charge in [0.25, 0.3) is 0 Å². The Kier molecular flexibility index (Phi) is 7.15. The van der Waals surface area contributed by atoms with Gasteiger partial charge in [0, 0.05) is 16.5 Å². The predicted molar refractivity (Wildman–Crippen MR) is 109 cm³/mol. The van der Waals surface area contributed by atoms with E-state index in [1.54, 1.807) is 24.3 Å². The van der Waals surface area contributed by atoms with E-state index in [2.05, 4.69) is 6.58 Å². The Morgan fingerprint density at radius 2 is 1.64 bits per heavy atom. The van der Waals surface area contributed by atoms with E-state index in [0.717, 1.165) is 5.56 Å². The number of allylic oxidation sites excluding steroid dienone is 2. The van der Waals surface area contributed by atoms with Gasteiger partial charge in [-0.3, -0.25) is 0 Å². The summed E-state index contributed by atoms with van der Waals surface area (Å²) in [6, 6.07) is 20.2. The second kappa shape index (κ2) is 9.55. The summed E-state index contributed by atoms with van der Waals surface area (Å²) in [4.78, 5) is 12.3. The Hall–Kier alpha value is -3.34. The van der Waals surface area contributed by atoms with Crippen LogP contribution in [0.5, 0.6) is 0 Å². The van der Waals surface area contributed by atoms with Crippen LogP contribution in [0.1, 0.15) is 24.0 Å². The minimum absolute atomic E-state index is 0.0200. The highest BCUT2D eigenvalue weighted by atomic mass is 35.5. The molecule has 0 N–H and O–H groups in total. The molecule has 2 aromatic rings. The average Bonchev–Trinajstić information content (AvgIpc) is 2.73. The molecule has 0 saturated carbocycles. The molecule has 0 amide bonds. The first kappa shape index (κ1) is 21.0. The van der Waals surface area contributed by atoms with Crippen molar-refractivity contribution in [3.8, 4) is 12.1 Å². The van der Waals surface area contributed by atoms with Crippen molar-refractivity contribution in [2.45, 2.75) is 12.8 Å². The van der Waals surface area contributed by atoms with Crippen molar-refractivity contribution in [2.24, 2.45) is 5.92 Å². The molecule has 0 spiro atoms. The first-order valence-electron chi connectivity index (χ1n) is 8.57. The smallest absolute Gasteiger partial charge is 0.333 e. The number of ether oxygens (including phenoxy) is 1. The lowest BCUT2D eigenvalue weighted by Gasteiger charge is -2.28. The Labute approximate surface area is 169 Å². The number of benzene rings is 2. The van der Waals surface area contributed by atoms with Crippen molar-refractivity contribution in [1.82, 2.24) is 0 Å². The highest BCUT2D eigenvalue weighted by molar-refractivity contribution is 6.30. The van der Waals surface area contributed by atoms with E-state index in [1.165, 1.54) is 7.11 Å². The topological polar surface area (TPSA) is 73.9 Å². The van der Waals surface area contributed by atoms with Gasteiger partial charge in [-0.25, -0.2) is 4.79 Å². The fourth-order valence-electron chi connectivity index (χ4n) is 3.29. The van der Waals surface area contributed by atoms with E-state index in [1.807, 2.05) is 49.4 Å². The molecule has 2 atom stereocenters. The van der Waals surface area contributed by atoms with Crippen LogP contribution in [-0.2, 0) is 9.53 Å². The lowest BCUT2D eigenvalue weighted by atomic mass is 9.75. The maximum absolute atomic E-state index is 12.3. The van der Waals surface area contributed by atoms with Crippen LogP contribution in [0.15, 0.2) is 72.3 Å². The summed E-state index contributed by atoms with van der Waals surface area (Å²) in [5.41, 5.74) is 2.29. The summed E-state index contributed by atoms with van der Waals surface area (Å²) < 4.78 is 4.88. The van der Waals surface area contributed by atoms with Gasteiger partial charge in [-0.15, -0.1) is 0 Å². The zero-order valence-corrected chi connectivity index (χ0v) is 16.4. The van der Waals surface area contributed by atoms with Crippen molar-refractivity contribution in [2.75, 3.05) is 7.11 Å². The van der Waals surface area contributed by atoms with Crippen LogP contribution in [0.4, 0.5) is 0 Å². The molecule has 0 aliphatic heterocycles. The van der Waals surface area contributed by atoms with E-state index in [9.17, 15) is 15.3 Å². The monoisotopic (exact) mass is 390 g/mol. The number of methoxy groups -OCH3 is 1. The van der Waals surface area contributed by atoms with Gasteiger partial charge in [-0.05, 0) is 34.8 Å². The number of nitrogens with zero attached hydrogens (tertiary/aromatic N) is 2. The molecule has 4 nitrogen and oxygen atoms in total. The lowest BCUT2D eigenvalue weighted by Crippen LogP contribution is -2.20. The third-order valence-electron chi connectivity index (χ3n) is 4.59. The van der Waals surface area contributed by atoms with E-state index in [-0.39, 0.29) is 11.1 Å². The molecular formula is C23H19ClN2O2. The quantitative estimate of drug-likeness (QED) is 0.381. The number of hydrogen-bond acceptors (Lipinski definition) is 4. The number of halogens is 1. The highest BCUT2D eigenvalue weighted by Crippen LogP contribution is 2.41. The highest BCUT2D eigenvalue weighted by Gasteiger charge is 2.31. The summed E-state index contributed by atoms with van der Waals surface area (Å²) in [6.07, 6.45) is 0. The van der Waals surface area contributed by atoms with Crippen molar-refractivity contribution < 1.29 is 9.53 Å². The van der Waals surface area contributed by atoms with Gasteiger partial charge < -0.3 is 4.74 Å². The Morgan fingerprint density at radius 1 is 1.07 bits per heavy atom. The maximum Gasteiger partial charge on any atom is 0.333 e. The second-order valence-electron chi connectivity index (χ2n) is 6.21. The number of hydrogen-bond donors (Lipinski definition) is 0. The number of nitriles is 2. The standard InChI is InChI=1S/C23H19ClN2O2/c1-15(21(16(2)23(27)28-3)17-7-5-4-6-8-17)22(19(13-25)14-26)18-9-11-20(24)12-10-18/h4-12,15,21H,2H2,1,3H3/t15-,21-/m0/s1. The van der Waals surface area contributed by atoms with Gasteiger partial charge in [0.15, 0.2) is 0 Å². The van der Waals surface area contributed by atoms with Gasteiger partial charge in [0.2, 0.25) is 0 Å². The van der Waals surface area contributed by atoms with Crippen LogP contribution in [-0.4, -0.2) is 13.1 Å². The van der Waals surface area contributed by atoms with Crippen molar-refractivity contribution >= 4 is 23.1 Å². The molecular weight excluding hydrogens is 372 g/mol. The van der Waals surface area contributed by atoms with Crippen LogP contribution < -0.4 is 0 Å². The summed E-state index contributed by atoms with van der Waals surface area (Å²) in [7, 11) is 1.30. The molecule has 2 aromatic carbocycles. The minimum Gasteiger partial charge on any atom is -0.466 e. The molecule has 0 fully saturated rings. The molecule has 28 heavy (non-hydrogen) atoms. The van der Waals surface area contributed by atoms with Crippen LogP contribution in [0.3, 0.4) is 0 Å². The Morgan fingerprint density at radius 3 is 2.14 bits per heavy atom. The molecule has 0 bridgehead atoms. The van der Waals surface area contributed by atoms with Gasteiger partial charge in [0.1, 0.15) is 17.7 Å². The van der Waals surface area contributed by atoms with Crippen LogP contribution >= 0.6 is 11.6 Å². The average molecular weight is 391 g/mol. The molecule has 0 unspecified atom stereocenters. The summed E-state index contributed by atoms with van der Waals surface area (Å²) >= 11 is 5.99. The lowest BCUT2D eigenvalue weighted by molar-refractivity contribution is -0.136. The maximum atomic E-state index is 12.3. The normalized spacial score (nSPS) is 12.0. The summed E-state index contributed by atoms with van der Waals surface area (Å²) in [5.74, 6) is -1.41. The van der Waals surface area contributed by atoms with E-state index in [4.69, 9.17) is 16.3 Å². The molecule has 0 aliphatic carbocycles. The largest absolute Gasteiger partial charge is 0.466 e. The third-order valence-corrected chi connectivity index (χ3v) is 4.84. The van der Waals surface area contributed by atoms with E-state index < -0.39 is 17.8 Å². The molecule has 0 radical (unpaired) electrons. The van der Waals surface area contributed by atoms with E-state index >= 15 is 0 Å². The molecule has 140 valence electrons. The Balaban J connectivity index is 2.69. The molecule has 0 saturated heterocycles. The van der Waals surface area contributed by atoms with Crippen molar-refractivity contribution in [3.05, 3.63) is 88.5 Å². The summed E-state index contributed by atoms with van der Waals surface area (Å²) in [6.45, 7) is 5.81. The molecule has 2 rings (SSSR count). The predicted octanol–water partition coefficient (Wildman–Crippen LogP) is 5.29. The zero-order chi connectivity index (χ0) is 20.7. The van der Waals surface area contributed by atoms with Gasteiger partial charge in [0.05, 0.1) is 7.11 Å². The molecule has 0 heterocycles. The number of carbonyl (C=O) groups excluding carboxylic acids is 1. The Bertz CT molecular complexity index is 964. The van der Waals surface area contributed by atoms with Crippen LogP contribution in [0, 0.1) is 28.6 Å². The first-order valence-corrected chi connectivity index (χ1v) is 8.94. The number of esters is 1. The fourth-order valence-corrected chi connectivity index (χ4v) is 3.41. The van der Waals surface area contributed by atoms with Gasteiger partial charge in [-0.2, -0.15) is 10.5 Å². The van der Waals surface area contributed by atoms with Crippen LogP contribution in [0.2, 0.25) is 5.02 Å². The van der Waals surface area contributed by atoms with Crippen LogP contribution in [0.25, 0.3) is 5.57 Å². The molecule has 0 aliphatic rings. The first-order chi connectivity index (χ1) is 13.4. The summed E-state index contributed by atoms with van der Waals surface area (Å²) in [5, 5.41) is 19.6. The zero-order valence-electron chi connectivity index (χ0n) is 15.6. The molecule has 0 aromatic heterocycles. The second-order valence-corrected chi connectivity index (χ2v) is 6.65.